The molecule has 1 heterocycles. The number of aryl methyl sites for hydroxylation is 1. The molecule has 2 N–H and O–H groups in total. The van der Waals surface area contributed by atoms with Crippen LogP contribution in [-0.4, -0.2) is 16.5 Å². The van der Waals surface area contributed by atoms with E-state index in [9.17, 15) is 0 Å². The lowest BCUT2D eigenvalue weighted by Crippen LogP contribution is -2.28. The van der Waals surface area contributed by atoms with Gasteiger partial charge in [-0.2, -0.15) is 0 Å². The fourth-order valence-electron chi connectivity index (χ4n) is 1.83. The van der Waals surface area contributed by atoms with Crippen LogP contribution < -0.4 is 5.32 Å². The molecule has 0 spiro atoms. The van der Waals surface area contributed by atoms with Gasteiger partial charge in [-0.25, -0.2) is 4.98 Å². The van der Waals surface area contributed by atoms with Crippen LogP contribution in [0.3, 0.4) is 0 Å². The number of aromatic nitrogens is 2. The largest absolute Gasteiger partial charge is 0.355 e. The molecule has 0 bridgehead atoms. The van der Waals surface area contributed by atoms with Gasteiger partial charge in [0, 0.05) is 23.9 Å². The van der Waals surface area contributed by atoms with Gasteiger partial charge in [0.15, 0.2) is 5.95 Å². The number of rotatable bonds is 4. The Morgan fingerprint density at radius 1 is 1.26 bits per heavy atom. The van der Waals surface area contributed by atoms with Crippen LogP contribution in [0.25, 0.3) is 0 Å². The molecule has 1 aromatic heterocycles. The van der Waals surface area contributed by atoms with E-state index in [0.29, 0.717) is 10.0 Å². The molecule has 0 aliphatic carbocycles. The van der Waals surface area contributed by atoms with Gasteiger partial charge in [0.2, 0.25) is 0 Å². The predicted molar refractivity (Wildman–Crippen MR) is 81.3 cm³/mol. The third kappa shape index (κ3) is 3.43. The van der Waals surface area contributed by atoms with E-state index in [1.807, 2.05) is 25.1 Å². The van der Waals surface area contributed by atoms with Gasteiger partial charge in [0.1, 0.15) is 0 Å². The van der Waals surface area contributed by atoms with E-state index < -0.39 is 0 Å². The number of halogens is 2. The second-order valence-electron chi connectivity index (χ2n) is 5.28. The number of aromatic amines is 1. The van der Waals surface area contributed by atoms with Gasteiger partial charge < -0.3 is 10.3 Å². The number of hydrogen-bond acceptors (Lipinski definition) is 2. The summed E-state index contributed by atoms with van der Waals surface area (Å²) < 4.78 is 0. The first-order valence-corrected chi connectivity index (χ1v) is 6.85. The Balaban J connectivity index is 2.10. The molecular formula is C14H17Cl2N3. The zero-order valence-electron chi connectivity index (χ0n) is 11.2. The number of nitrogens with zero attached hydrogens (tertiary/aromatic N) is 1. The Hall–Kier alpha value is -1.19. The molecule has 5 heteroatoms. The van der Waals surface area contributed by atoms with Gasteiger partial charge in [0.25, 0.3) is 0 Å². The van der Waals surface area contributed by atoms with Crippen LogP contribution in [0.1, 0.15) is 25.1 Å². The van der Waals surface area contributed by atoms with Gasteiger partial charge in [-0.05, 0) is 24.6 Å². The zero-order valence-corrected chi connectivity index (χ0v) is 12.7. The summed E-state index contributed by atoms with van der Waals surface area (Å²) in [4.78, 5) is 7.38. The fourth-order valence-corrected chi connectivity index (χ4v) is 2.12. The molecular weight excluding hydrogens is 281 g/mol. The lowest BCUT2D eigenvalue weighted by atomic mass is 9.84. The molecule has 102 valence electrons. The van der Waals surface area contributed by atoms with Crippen LogP contribution in [0.5, 0.6) is 0 Å². The van der Waals surface area contributed by atoms with Crippen molar-refractivity contribution in [1.29, 1.82) is 0 Å². The van der Waals surface area contributed by atoms with Crippen LogP contribution in [0.4, 0.5) is 5.95 Å². The molecule has 0 aliphatic rings. The summed E-state index contributed by atoms with van der Waals surface area (Å²) in [6, 6.07) is 5.75. The summed E-state index contributed by atoms with van der Waals surface area (Å²) in [7, 11) is 0. The summed E-state index contributed by atoms with van der Waals surface area (Å²) in [5.41, 5.74) is 2.10. The molecule has 0 atom stereocenters. The third-order valence-electron chi connectivity index (χ3n) is 3.10. The van der Waals surface area contributed by atoms with Crippen molar-refractivity contribution in [3.05, 3.63) is 45.7 Å². The maximum atomic E-state index is 6.07. The predicted octanol–water partition coefficient (Wildman–Crippen LogP) is 4.41. The summed E-state index contributed by atoms with van der Waals surface area (Å²) in [5.74, 6) is 0.783. The summed E-state index contributed by atoms with van der Waals surface area (Å²) in [5, 5.41) is 4.46. The highest BCUT2D eigenvalue weighted by molar-refractivity contribution is 6.42. The molecule has 3 nitrogen and oxygen atoms in total. The maximum absolute atomic E-state index is 6.07. The SMILES string of the molecule is Cc1cnc(NCC(C)(C)c2ccc(Cl)c(Cl)c2)[nH]1. The zero-order chi connectivity index (χ0) is 14.0. The quantitative estimate of drug-likeness (QED) is 0.877. The Morgan fingerprint density at radius 3 is 2.58 bits per heavy atom. The number of anilines is 1. The van der Waals surface area contributed by atoms with Crippen LogP contribution in [0.15, 0.2) is 24.4 Å². The normalized spacial score (nSPS) is 11.6. The van der Waals surface area contributed by atoms with E-state index in [0.717, 1.165) is 23.8 Å². The van der Waals surface area contributed by atoms with Gasteiger partial charge >= 0.3 is 0 Å². The van der Waals surface area contributed by atoms with Crippen LogP contribution in [0.2, 0.25) is 10.0 Å². The molecule has 0 fully saturated rings. The summed E-state index contributed by atoms with van der Waals surface area (Å²) in [6.07, 6.45) is 1.80. The molecule has 2 rings (SSSR count). The van der Waals surface area contributed by atoms with Crippen molar-refractivity contribution in [3.8, 4) is 0 Å². The minimum absolute atomic E-state index is 0.0745. The first kappa shape index (κ1) is 14.2. The summed E-state index contributed by atoms with van der Waals surface area (Å²) >= 11 is 12.0. The minimum atomic E-state index is -0.0745. The summed E-state index contributed by atoms with van der Waals surface area (Å²) in [6.45, 7) is 7.02. The van der Waals surface area contributed by atoms with Crippen LogP contribution in [-0.2, 0) is 5.41 Å². The number of imidazole rings is 1. The molecule has 0 aliphatic heterocycles. The first-order chi connectivity index (χ1) is 8.88. The van der Waals surface area contributed by atoms with Crippen LogP contribution in [0, 0.1) is 6.92 Å². The molecule has 19 heavy (non-hydrogen) atoms. The topological polar surface area (TPSA) is 40.7 Å². The molecule has 1 aromatic carbocycles. The Bertz CT molecular complexity index is 576. The van der Waals surface area contributed by atoms with Gasteiger partial charge in [0.05, 0.1) is 10.0 Å². The molecule has 0 saturated heterocycles. The number of nitrogens with one attached hydrogen (secondary N) is 2. The van der Waals surface area contributed by atoms with E-state index >= 15 is 0 Å². The van der Waals surface area contributed by atoms with Crippen molar-refractivity contribution in [3.63, 3.8) is 0 Å². The third-order valence-corrected chi connectivity index (χ3v) is 3.84. The van der Waals surface area contributed by atoms with Gasteiger partial charge in [-0.15, -0.1) is 0 Å². The highest BCUT2D eigenvalue weighted by Crippen LogP contribution is 2.30. The standard InChI is InChI=1S/C14H17Cl2N3/c1-9-7-17-13(19-9)18-8-14(2,3)10-4-5-11(15)12(16)6-10/h4-7H,8H2,1-3H3,(H2,17,18,19). The Labute approximate surface area is 123 Å². The highest BCUT2D eigenvalue weighted by Gasteiger charge is 2.21. The van der Waals surface area contributed by atoms with E-state index in [1.165, 1.54) is 0 Å². The monoisotopic (exact) mass is 297 g/mol. The fraction of sp³-hybridized carbons (Fsp3) is 0.357. The average molecular weight is 298 g/mol. The molecule has 0 amide bonds. The number of hydrogen-bond donors (Lipinski definition) is 2. The van der Waals surface area contributed by atoms with Crippen molar-refractivity contribution in [2.45, 2.75) is 26.2 Å². The van der Waals surface area contributed by atoms with Crippen molar-refractivity contribution < 1.29 is 0 Å². The average Bonchev–Trinajstić information content (AvgIpc) is 2.76. The number of H-pyrrole nitrogens is 1. The maximum Gasteiger partial charge on any atom is 0.200 e. The van der Waals surface area contributed by atoms with Gasteiger partial charge in [-0.3, -0.25) is 0 Å². The van der Waals surface area contributed by atoms with Crippen molar-refractivity contribution in [2.24, 2.45) is 0 Å². The molecule has 2 aromatic rings. The number of benzene rings is 1. The van der Waals surface area contributed by atoms with E-state index in [2.05, 4.69) is 29.1 Å². The van der Waals surface area contributed by atoms with E-state index in [1.54, 1.807) is 6.20 Å². The smallest absolute Gasteiger partial charge is 0.200 e. The Kier molecular flexibility index (Phi) is 4.07. The highest BCUT2D eigenvalue weighted by atomic mass is 35.5. The second kappa shape index (κ2) is 5.43. The molecule has 0 radical (unpaired) electrons. The lowest BCUT2D eigenvalue weighted by Gasteiger charge is -2.26. The minimum Gasteiger partial charge on any atom is -0.355 e. The molecule has 0 unspecified atom stereocenters. The Morgan fingerprint density at radius 2 is 2.00 bits per heavy atom. The van der Waals surface area contributed by atoms with Crippen molar-refractivity contribution >= 4 is 29.2 Å². The van der Waals surface area contributed by atoms with Crippen molar-refractivity contribution in [1.82, 2.24) is 9.97 Å². The second-order valence-corrected chi connectivity index (χ2v) is 6.10. The van der Waals surface area contributed by atoms with E-state index in [-0.39, 0.29) is 5.41 Å². The van der Waals surface area contributed by atoms with Crippen molar-refractivity contribution in [2.75, 3.05) is 11.9 Å². The molecule has 0 saturated carbocycles. The lowest BCUT2D eigenvalue weighted by molar-refractivity contribution is 0.555. The van der Waals surface area contributed by atoms with Gasteiger partial charge in [-0.1, -0.05) is 43.1 Å². The van der Waals surface area contributed by atoms with E-state index in [4.69, 9.17) is 23.2 Å². The first-order valence-electron chi connectivity index (χ1n) is 6.09. The van der Waals surface area contributed by atoms with Crippen LogP contribution >= 0.6 is 23.2 Å².